The van der Waals surface area contributed by atoms with Crippen LogP contribution in [0.2, 0.25) is 5.02 Å². The average molecular weight is 365 g/mol. The van der Waals surface area contributed by atoms with E-state index in [0.29, 0.717) is 23.7 Å². The van der Waals surface area contributed by atoms with Crippen molar-refractivity contribution in [3.05, 3.63) is 51.7 Å². The van der Waals surface area contributed by atoms with Gasteiger partial charge >= 0.3 is 0 Å². The number of benzene rings is 1. The van der Waals surface area contributed by atoms with Gasteiger partial charge in [-0.1, -0.05) is 31.5 Å². The second kappa shape index (κ2) is 8.31. The highest BCUT2D eigenvalue weighted by Crippen LogP contribution is 2.26. The molecular formula is C18H21ClN2O2S. The fourth-order valence-electron chi connectivity index (χ4n) is 2.33. The Morgan fingerprint density at radius 3 is 2.38 bits per heavy atom. The van der Waals surface area contributed by atoms with Crippen molar-refractivity contribution in [1.82, 2.24) is 5.32 Å². The first-order valence-electron chi connectivity index (χ1n) is 7.69. The molecule has 0 atom stereocenters. The number of halogens is 1. The van der Waals surface area contributed by atoms with Gasteiger partial charge in [0.05, 0.1) is 6.54 Å². The van der Waals surface area contributed by atoms with E-state index in [9.17, 15) is 9.59 Å². The summed E-state index contributed by atoms with van der Waals surface area (Å²) in [4.78, 5) is 25.4. The first-order valence-corrected chi connectivity index (χ1v) is 8.94. The number of nitrogens with one attached hydrogen (secondary N) is 2. The van der Waals surface area contributed by atoms with E-state index >= 15 is 0 Å². The highest BCUT2D eigenvalue weighted by molar-refractivity contribution is 7.09. The van der Waals surface area contributed by atoms with Gasteiger partial charge < -0.3 is 10.6 Å². The van der Waals surface area contributed by atoms with Crippen LogP contribution < -0.4 is 10.6 Å². The maximum Gasteiger partial charge on any atom is 0.224 e. The molecule has 2 rings (SSSR count). The Morgan fingerprint density at radius 1 is 1.08 bits per heavy atom. The molecule has 2 aromatic rings. The fourth-order valence-corrected chi connectivity index (χ4v) is 3.10. The normalized spacial score (nSPS) is 11.1. The van der Waals surface area contributed by atoms with Gasteiger partial charge in [-0.2, -0.15) is 0 Å². The molecule has 4 nitrogen and oxygen atoms in total. The van der Waals surface area contributed by atoms with Crippen molar-refractivity contribution in [2.45, 2.75) is 33.2 Å². The summed E-state index contributed by atoms with van der Waals surface area (Å²) in [6.45, 7) is 4.36. The van der Waals surface area contributed by atoms with E-state index in [4.69, 9.17) is 11.6 Å². The summed E-state index contributed by atoms with van der Waals surface area (Å²) in [5, 5.41) is 8.32. The third kappa shape index (κ3) is 6.34. The Balaban J connectivity index is 1.79. The van der Waals surface area contributed by atoms with Gasteiger partial charge in [-0.05, 0) is 41.1 Å². The van der Waals surface area contributed by atoms with E-state index in [1.807, 2.05) is 31.4 Å². The number of hydrogen-bond donors (Lipinski definition) is 2. The van der Waals surface area contributed by atoms with Gasteiger partial charge in [-0.25, -0.2) is 0 Å². The summed E-state index contributed by atoms with van der Waals surface area (Å²) >= 11 is 7.43. The minimum Gasteiger partial charge on any atom is -0.351 e. The predicted molar refractivity (Wildman–Crippen MR) is 99.3 cm³/mol. The molecular weight excluding hydrogens is 344 g/mol. The number of carbonyl (C=O) groups excluding carboxylic acids is 2. The molecule has 0 aliphatic heterocycles. The zero-order valence-electron chi connectivity index (χ0n) is 13.8. The van der Waals surface area contributed by atoms with E-state index in [-0.39, 0.29) is 18.2 Å². The molecule has 24 heavy (non-hydrogen) atoms. The lowest BCUT2D eigenvalue weighted by Crippen LogP contribution is -2.31. The number of thiophene rings is 1. The largest absolute Gasteiger partial charge is 0.351 e. The number of anilines is 1. The number of rotatable bonds is 7. The molecule has 0 spiro atoms. The molecule has 1 aromatic heterocycles. The van der Waals surface area contributed by atoms with Crippen molar-refractivity contribution in [2.75, 3.05) is 5.32 Å². The van der Waals surface area contributed by atoms with Crippen LogP contribution in [0.1, 0.15) is 31.6 Å². The Bertz CT molecular complexity index is 682. The zero-order valence-corrected chi connectivity index (χ0v) is 15.3. The van der Waals surface area contributed by atoms with Crippen molar-refractivity contribution in [3.8, 4) is 0 Å². The number of hydrogen-bond acceptors (Lipinski definition) is 3. The van der Waals surface area contributed by atoms with Crippen molar-refractivity contribution in [2.24, 2.45) is 5.41 Å². The molecule has 2 N–H and O–H groups in total. The van der Waals surface area contributed by atoms with Gasteiger partial charge in [0.1, 0.15) is 0 Å². The van der Waals surface area contributed by atoms with Crippen LogP contribution in [0, 0.1) is 5.41 Å². The maximum atomic E-state index is 12.2. The average Bonchev–Trinajstić information content (AvgIpc) is 2.99. The van der Waals surface area contributed by atoms with E-state index in [1.165, 1.54) is 0 Å². The third-order valence-electron chi connectivity index (χ3n) is 3.45. The molecule has 0 saturated heterocycles. The standard InChI is InChI=1S/C18H21ClN2O2S/c1-18(2,10-16(22)20-12-15-4-3-9-24-15)11-17(23)21-14-7-5-13(19)6-8-14/h3-9H,10-12H2,1-2H3,(H,20,22)(H,21,23). The monoisotopic (exact) mass is 364 g/mol. The van der Waals surface area contributed by atoms with Gasteiger partial charge in [0, 0.05) is 28.4 Å². The summed E-state index contributed by atoms with van der Waals surface area (Å²) in [6.07, 6.45) is 0.564. The quantitative estimate of drug-likeness (QED) is 0.761. The van der Waals surface area contributed by atoms with Gasteiger partial charge in [-0.3, -0.25) is 9.59 Å². The van der Waals surface area contributed by atoms with E-state index in [2.05, 4.69) is 10.6 Å². The Morgan fingerprint density at radius 2 is 1.75 bits per heavy atom. The summed E-state index contributed by atoms with van der Waals surface area (Å²) in [5.74, 6) is -0.166. The SMILES string of the molecule is CC(C)(CC(=O)NCc1cccs1)CC(=O)Nc1ccc(Cl)cc1. The molecule has 1 heterocycles. The molecule has 0 radical (unpaired) electrons. The lowest BCUT2D eigenvalue weighted by atomic mass is 9.85. The van der Waals surface area contributed by atoms with Gasteiger partial charge in [0.15, 0.2) is 0 Å². The molecule has 2 amide bonds. The molecule has 0 aliphatic rings. The van der Waals surface area contributed by atoms with Crippen LogP contribution in [0.15, 0.2) is 41.8 Å². The Labute approximate surface area is 151 Å². The molecule has 0 fully saturated rings. The predicted octanol–water partition coefficient (Wildman–Crippen LogP) is 4.46. The van der Waals surface area contributed by atoms with Gasteiger partial charge in [0.25, 0.3) is 0 Å². The van der Waals surface area contributed by atoms with Crippen LogP contribution in [0.5, 0.6) is 0 Å². The van der Waals surface area contributed by atoms with E-state index in [0.717, 1.165) is 4.88 Å². The van der Waals surface area contributed by atoms with E-state index < -0.39 is 5.41 Å². The molecule has 6 heteroatoms. The van der Waals surface area contributed by atoms with E-state index in [1.54, 1.807) is 35.6 Å². The van der Waals surface area contributed by atoms with Crippen LogP contribution in [-0.2, 0) is 16.1 Å². The molecule has 0 aliphatic carbocycles. The number of carbonyl (C=O) groups is 2. The van der Waals surface area contributed by atoms with Crippen molar-refractivity contribution in [1.29, 1.82) is 0 Å². The smallest absolute Gasteiger partial charge is 0.224 e. The molecule has 1 aromatic carbocycles. The van der Waals surface area contributed by atoms with Crippen molar-refractivity contribution < 1.29 is 9.59 Å². The van der Waals surface area contributed by atoms with Crippen LogP contribution in [0.3, 0.4) is 0 Å². The third-order valence-corrected chi connectivity index (χ3v) is 4.57. The second-order valence-electron chi connectivity index (χ2n) is 6.43. The van der Waals surface area contributed by atoms with Gasteiger partial charge in [0.2, 0.25) is 11.8 Å². The first-order chi connectivity index (χ1) is 11.3. The van der Waals surface area contributed by atoms with Crippen molar-refractivity contribution >= 4 is 40.4 Å². The highest BCUT2D eigenvalue weighted by Gasteiger charge is 2.25. The lowest BCUT2D eigenvalue weighted by molar-refractivity contribution is -0.124. The summed E-state index contributed by atoms with van der Waals surface area (Å²) in [5.41, 5.74) is 0.276. The minimum atomic E-state index is -0.421. The Kier molecular flexibility index (Phi) is 6.40. The van der Waals surface area contributed by atoms with Crippen molar-refractivity contribution in [3.63, 3.8) is 0 Å². The highest BCUT2D eigenvalue weighted by atomic mass is 35.5. The fraction of sp³-hybridized carbons (Fsp3) is 0.333. The number of amides is 2. The lowest BCUT2D eigenvalue weighted by Gasteiger charge is -2.23. The summed E-state index contributed by atoms with van der Waals surface area (Å²) < 4.78 is 0. The summed E-state index contributed by atoms with van der Waals surface area (Å²) in [7, 11) is 0. The molecule has 0 unspecified atom stereocenters. The molecule has 0 bridgehead atoms. The topological polar surface area (TPSA) is 58.2 Å². The van der Waals surface area contributed by atoms with Crippen LogP contribution in [0.4, 0.5) is 5.69 Å². The van der Waals surface area contributed by atoms with Crippen LogP contribution in [-0.4, -0.2) is 11.8 Å². The Hall–Kier alpha value is -1.85. The molecule has 128 valence electrons. The van der Waals surface area contributed by atoms with Gasteiger partial charge in [-0.15, -0.1) is 11.3 Å². The van der Waals surface area contributed by atoms with Crippen LogP contribution >= 0.6 is 22.9 Å². The zero-order chi connectivity index (χ0) is 17.6. The molecule has 0 saturated carbocycles. The first kappa shape index (κ1) is 18.5. The maximum absolute atomic E-state index is 12.2. The minimum absolute atomic E-state index is 0.0484. The second-order valence-corrected chi connectivity index (χ2v) is 7.90. The summed E-state index contributed by atoms with van der Waals surface area (Å²) in [6, 6.07) is 10.9. The van der Waals surface area contributed by atoms with Crippen LogP contribution in [0.25, 0.3) is 0 Å².